The Morgan fingerprint density at radius 2 is 2.43 bits per heavy atom. The van der Waals surface area contributed by atoms with E-state index in [1.54, 1.807) is 0 Å². The number of nitrogens with two attached hydrogens (primary N) is 1. The third-order valence-corrected chi connectivity index (χ3v) is 2.59. The van der Waals surface area contributed by atoms with Gasteiger partial charge in [0.1, 0.15) is 10.7 Å². The number of nitrogens with zero attached hydrogens (tertiary/aromatic N) is 2. The monoisotopic (exact) mass is 216 g/mol. The zero-order chi connectivity index (χ0) is 10.4. The summed E-state index contributed by atoms with van der Waals surface area (Å²) in [4.78, 5) is 0. The van der Waals surface area contributed by atoms with Gasteiger partial charge in [0.05, 0.1) is 12.7 Å². The van der Waals surface area contributed by atoms with Crippen LogP contribution in [0.3, 0.4) is 0 Å². The minimum absolute atomic E-state index is 0.257. The minimum Gasteiger partial charge on any atom is -0.372 e. The summed E-state index contributed by atoms with van der Waals surface area (Å²) in [6.07, 6.45) is 2.44. The highest BCUT2D eigenvalue weighted by molar-refractivity contribution is 7.10. The van der Waals surface area contributed by atoms with Gasteiger partial charge in [0.2, 0.25) is 0 Å². The molecule has 0 amide bonds. The van der Waals surface area contributed by atoms with E-state index in [2.05, 4.69) is 28.9 Å². The van der Waals surface area contributed by atoms with Crippen molar-refractivity contribution >= 4 is 16.5 Å². The minimum atomic E-state index is 0.257. The zero-order valence-electron chi connectivity index (χ0n) is 8.49. The Hall–Kier alpha value is -0.720. The summed E-state index contributed by atoms with van der Waals surface area (Å²) in [5, 5.41) is 4.69. The molecule has 0 aliphatic rings. The quantitative estimate of drug-likeness (QED) is 0.557. The van der Waals surface area contributed by atoms with Gasteiger partial charge in [-0.1, -0.05) is 17.8 Å². The number of hydrogen-bond donors (Lipinski definition) is 2. The van der Waals surface area contributed by atoms with Crippen LogP contribution >= 0.6 is 11.5 Å². The number of nitrogen functional groups attached to an aromatic ring is 1. The van der Waals surface area contributed by atoms with Crippen molar-refractivity contribution < 1.29 is 4.74 Å². The Labute approximate surface area is 87.8 Å². The molecule has 0 saturated heterocycles. The molecule has 14 heavy (non-hydrogen) atoms. The standard InChI is InChI=1S/C8H16N4OS/c1-3-4-6(2)13-5-7-8(10-9)14-12-11-7/h6,10H,3-5,9H2,1-2H3. The van der Waals surface area contributed by atoms with Crippen LogP contribution in [0.25, 0.3) is 0 Å². The molecule has 3 N–H and O–H groups in total. The van der Waals surface area contributed by atoms with Crippen LogP contribution in [-0.4, -0.2) is 15.7 Å². The van der Waals surface area contributed by atoms with E-state index in [0.29, 0.717) is 6.61 Å². The average molecular weight is 216 g/mol. The van der Waals surface area contributed by atoms with Crippen LogP contribution in [0.1, 0.15) is 32.4 Å². The number of hydrazine groups is 1. The van der Waals surface area contributed by atoms with Crippen molar-refractivity contribution in [3.05, 3.63) is 5.69 Å². The van der Waals surface area contributed by atoms with E-state index in [1.165, 1.54) is 11.5 Å². The van der Waals surface area contributed by atoms with Gasteiger partial charge in [-0.25, -0.2) is 5.84 Å². The first kappa shape index (κ1) is 11.4. The van der Waals surface area contributed by atoms with E-state index in [9.17, 15) is 0 Å². The lowest BCUT2D eigenvalue weighted by Crippen LogP contribution is -2.11. The van der Waals surface area contributed by atoms with Gasteiger partial charge in [-0.15, -0.1) is 5.10 Å². The van der Waals surface area contributed by atoms with Gasteiger partial charge in [0.15, 0.2) is 0 Å². The molecule has 5 nitrogen and oxygen atoms in total. The molecule has 1 aromatic rings. The highest BCUT2D eigenvalue weighted by atomic mass is 32.1. The molecule has 0 aliphatic heterocycles. The number of nitrogens with one attached hydrogen (secondary N) is 1. The molecule has 0 bridgehead atoms. The number of aromatic nitrogens is 2. The first-order chi connectivity index (χ1) is 6.77. The summed E-state index contributed by atoms with van der Waals surface area (Å²) in [6, 6.07) is 0. The third kappa shape index (κ3) is 3.21. The van der Waals surface area contributed by atoms with Crippen molar-refractivity contribution in [2.24, 2.45) is 5.84 Å². The number of hydrogen-bond acceptors (Lipinski definition) is 6. The molecule has 6 heteroatoms. The Morgan fingerprint density at radius 1 is 1.64 bits per heavy atom. The lowest BCUT2D eigenvalue weighted by atomic mass is 10.2. The van der Waals surface area contributed by atoms with E-state index in [-0.39, 0.29) is 6.10 Å². The van der Waals surface area contributed by atoms with E-state index < -0.39 is 0 Å². The molecule has 0 aliphatic carbocycles. The molecule has 0 radical (unpaired) electrons. The van der Waals surface area contributed by atoms with Gasteiger partial charge in [0.25, 0.3) is 0 Å². The van der Waals surface area contributed by atoms with Crippen molar-refractivity contribution in [3.63, 3.8) is 0 Å². The van der Waals surface area contributed by atoms with Gasteiger partial charge in [-0.2, -0.15) is 0 Å². The Kier molecular flexibility index (Phi) is 4.78. The summed E-state index contributed by atoms with van der Waals surface area (Å²) < 4.78 is 9.36. The van der Waals surface area contributed by atoms with Crippen LogP contribution in [0.5, 0.6) is 0 Å². The van der Waals surface area contributed by atoms with Crippen molar-refractivity contribution in [3.8, 4) is 0 Å². The second kappa shape index (κ2) is 5.90. The molecular formula is C8H16N4OS. The molecule has 1 rings (SSSR count). The molecule has 1 atom stereocenters. The molecule has 1 aromatic heterocycles. The first-order valence-electron chi connectivity index (χ1n) is 4.67. The van der Waals surface area contributed by atoms with Crippen molar-refractivity contribution in [2.45, 2.75) is 39.4 Å². The Balaban J connectivity index is 2.37. The van der Waals surface area contributed by atoms with E-state index in [0.717, 1.165) is 23.5 Å². The Bertz CT molecular complexity index is 266. The van der Waals surface area contributed by atoms with Gasteiger partial charge < -0.3 is 10.2 Å². The third-order valence-electron chi connectivity index (χ3n) is 1.89. The van der Waals surface area contributed by atoms with Crippen molar-refractivity contribution in [1.82, 2.24) is 9.59 Å². The smallest absolute Gasteiger partial charge is 0.149 e. The number of ether oxygens (including phenoxy) is 1. The molecule has 0 aromatic carbocycles. The highest BCUT2D eigenvalue weighted by Crippen LogP contribution is 2.17. The molecule has 0 saturated carbocycles. The zero-order valence-corrected chi connectivity index (χ0v) is 9.30. The topological polar surface area (TPSA) is 73.1 Å². The van der Waals surface area contributed by atoms with Gasteiger partial charge >= 0.3 is 0 Å². The summed E-state index contributed by atoms with van der Waals surface area (Å²) in [7, 11) is 0. The van der Waals surface area contributed by atoms with Gasteiger partial charge in [-0.3, -0.25) is 0 Å². The average Bonchev–Trinajstić information content (AvgIpc) is 2.62. The van der Waals surface area contributed by atoms with Crippen LogP contribution in [0.2, 0.25) is 0 Å². The van der Waals surface area contributed by atoms with Crippen LogP contribution in [0.4, 0.5) is 5.00 Å². The predicted octanol–water partition coefficient (Wildman–Crippen LogP) is 1.53. The van der Waals surface area contributed by atoms with Crippen LogP contribution in [0.15, 0.2) is 0 Å². The summed E-state index contributed by atoms with van der Waals surface area (Å²) in [5.41, 5.74) is 3.32. The first-order valence-corrected chi connectivity index (χ1v) is 5.44. The van der Waals surface area contributed by atoms with Gasteiger partial charge in [0, 0.05) is 11.5 Å². The molecule has 0 spiro atoms. The van der Waals surface area contributed by atoms with Crippen LogP contribution in [0, 0.1) is 0 Å². The van der Waals surface area contributed by atoms with Crippen molar-refractivity contribution in [1.29, 1.82) is 0 Å². The normalized spacial score (nSPS) is 12.8. The second-order valence-electron chi connectivity index (χ2n) is 3.10. The molecule has 0 fully saturated rings. The summed E-state index contributed by atoms with van der Waals surface area (Å²) in [6.45, 7) is 4.66. The molecular weight excluding hydrogens is 200 g/mol. The lowest BCUT2D eigenvalue weighted by Gasteiger charge is -2.10. The maximum Gasteiger partial charge on any atom is 0.149 e. The second-order valence-corrected chi connectivity index (χ2v) is 3.86. The van der Waals surface area contributed by atoms with Gasteiger partial charge in [-0.05, 0) is 13.3 Å². The van der Waals surface area contributed by atoms with E-state index >= 15 is 0 Å². The van der Waals surface area contributed by atoms with Crippen molar-refractivity contribution in [2.75, 3.05) is 5.43 Å². The molecule has 1 unspecified atom stereocenters. The number of rotatable bonds is 6. The predicted molar refractivity (Wildman–Crippen MR) is 56.9 cm³/mol. The fourth-order valence-electron chi connectivity index (χ4n) is 1.12. The molecule has 80 valence electrons. The van der Waals surface area contributed by atoms with Crippen LogP contribution in [-0.2, 0) is 11.3 Å². The van der Waals surface area contributed by atoms with E-state index in [4.69, 9.17) is 10.6 Å². The summed E-state index contributed by atoms with van der Waals surface area (Å²) in [5.74, 6) is 5.28. The fourth-order valence-corrected chi connectivity index (χ4v) is 1.60. The van der Waals surface area contributed by atoms with Crippen LogP contribution < -0.4 is 11.3 Å². The SMILES string of the molecule is CCCC(C)OCc1nnsc1NN. The Morgan fingerprint density at radius 3 is 3.07 bits per heavy atom. The van der Waals surface area contributed by atoms with E-state index in [1.807, 2.05) is 0 Å². The maximum atomic E-state index is 5.58. The number of anilines is 1. The largest absolute Gasteiger partial charge is 0.372 e. The lowest BCUT2D eigenvalue weighted by molar-refractivity contribution is 0.0455. The fraction of sp³-hybridized carbons (Fsp3) is 0.750. The summed E-state index contributed by atoms with van der Waals surface area (Å²) >= 11 is 1.24. The maximum absolute atomic E-state index is 5.58. The molecule has 1 heterocycles. The highest BCUT2D eigenvalue weighted by Gasteiger charge is 2.08.